The van der Waals surface area contributed by atoms with E-state index in [1.807, 2.05) is 30.3 Å². The molecule has 0 heterocycles. The smallest absolute Gasteiger partial charge is 0.125 e. The molecule has 1 N–H and O–H groups in total. The molecule has 20 heavy (non-hydrogen) atoms. The Morgan fingerprint density at radius 3 is 2.70 bits per heavy atom. The van der Waals surface area contributed by atoms with Gasteiger partial charge in [0.25, 0.3) is 0 Å². The van der Waals surface area contributed by atoms with Gasteiger partial charge in [-0.15, -0.1) is 0 Å². The summed E-state index contributed by atoms with van der Waals surface area (Å²) in [5.74, 6) is 0.624. The molecule has 5 heteroatoms. The molecule has 0 aliphatic carbocycles. The third-order valence-electron chi connectivity index (χ3n) is 2.84. The van der Waals surface area contributed by atoms with E-state index in [0.29, 0.717) is 22.4 Å². The van der Waals surface area contributed by atoms with E-state index < -0.39 is 6.10 Å². The Morgan fingerprint density at radius 2 is 2.00 bits per heavy atom. The zero-order valence-corrected chi connectivity index (χ0v) is 13.8. The summed E-state index contributed by atoms with van der Waals surface area (Å²) < 4.78 is 6.64. The lowest BCUT2D eigenvalue weighted by Crippen LogP contribution is -2.01. The summed E-state index contributed by atoms with van der Waals surface area (Å²) >= 11 is 15.5. The van der Waals surface area contributed by atoms with E-state index in [4.69, 9.17) is 27.9 Å². The van der Waals surface area contributed by atoms with E-state index in [1.54, 1.807) is 13.0 Å². The Balaban J connectivity index is 2.21. The van der Waals surface area contributed by atoms with Crippen molar-refractivity contribution in [1.29, 1.82) is 0 Å². The van der Waals surface area contributed by atoms with E-state index in [2.05, 4.69) is 15.9 Å². The van der Waals surface area contributed by atoms with Crippen LogP contribution in [0.4, 0.5) is 0 Å². The highest BCUT2D eigenvalue weighted by Crippen LogP contribution is 2.31. The molecule has 2 nitrogen and oxygen atoms in total. The second kappa shape index (κ2) is 6.81. The monoisotopic (exact) mass is 374 g/mol. The van der Waals surface area contributed by atoms with Crippen LogP contribution < -0.4 is 4.74 Å². The van der Waals surface area contributed by atoms with Gasteiger partial charge >= 0.3 is 0 Å². The zero-order valence-electron chi connectivity index (χ0n) is 10.7. The molecule has 0 aliphatic heterocycles. The summed E-state index contributed by atoms with van der Waals surface area (Å²) in [4.78, 5) is 0. The van der Waals surface area contributed by atoms with Crippen molar-refractivity contribution in [3.63, 3.8) is 0 Å². The molecule has 0 spiro atoms. The fourth-order valence-corrected chi connectivity index (χ4v) is 2.55. The van der Waals surface area contributed by atoms with Gasteiger partial charge in [0.05, 0.1) is 16.1 Å². The van der Waals surface area contributed by atoms with Crippen molar-refractivity contribution in [2.45, 2.75) is 19.6 Å². The first kappa shape index (κ1) is 15.6. The summed E-state index contributed by atoms with van der Waals surface area (Å²) in [5, 5.41) is 10.8. The molecule has 0 fully saturated rings. The molecule has 2 aromatic rings. The van der Waals surface area contributed by atoms with Crippen LogP contribution in [0.1, 0.15) is 24.2 Å². The van der Waals surface area contributed by atoms with Crippen LogP contribution in [0, 0.1) is 0 Å². The average molecular weight is 376 g/mol. The Bertz CT molecular complexity index is 615. The lowest BCUT2D eigenvalue weighted by molar-refractivity contribution is 0.190. The molecule has 106 valence electrons. The maximum atomic E-state index is 9.78. The highest BCUT2D eigenvalue weighted by molar-refractivity contribution is 9.10. The Kier molecular flexibility index (Phi) is 5.33. The Hall–Kier alpha value is -0.740. The highest BCUT2D eigenvalue weighted by atomic mass is 79.9. The summed E-state index contributed by atoms with van der Waals surface area (Å²) in [5.41, 5.74) is 1.52. The third kappa shape index (κ3) is 3.67. The number of hydrogen-bond donors (Lipinski definition) is 1. The first-order valence-electron chi connectivity index (χ1n) is 6.02. The second-order valence-corrected chi connectivity index (χ2v) is 6.06. The predicted molar refractivity (Wildman–Crippen MR) is 85.6 cm³/mol. The molecule has 0 radical (unpaired) electrons. The number of aliphatic hydroxyl groups is 1. The van der Waals surface area contributed by atoms with Gasteiger partial charge in [0.1, 0.15) is 12.4 Å². The van der Waals surface area contributed by atoms with E-state index in [9.17, 15) is 5.11 Å². The molecular weight excluding hydrogens is 363 g/mol. The number of ether oxygens (including phenoxy) is 1. The molecule has 0 saturated carbocycles. The topological polar surface area (TPSA) is 29.5 Å². The minimum Gasteiger partial charge on any atom is -0.488 e. The maximum absolute atomic E-state index is 9.78. The van der Waals surface area contributed by atoms with E-state index >= 15 is 0 Å². The SMILES string of the molecule is C[C@@H](O)c1cc(Br)ccc1OCc1cccc(Cl)c1Cl. The molecule has 1 atom stereocenters. The van der Waals surface area contributed by atoms with Gasteiger partial charge in [-0.1, -0.05) is 51.3 Å². The molecule has 0 aromatic heterocycles. The Morgan fingerprint density at radius 1 is 1.25 bits per heavy atom. The minimum absolute atomic E-state index is 0.292. The molecular formula is C15H13BrCl2O2. The van der Waals surface area contributed by atoms with E-state index in [1.165, 1.54) is 0 Å². The van der Waals surface area contributed by atoms with Crippen molar-refractivity contribution in [3.8, 4) is 5.75 Å². The van der Waals surface area contributed by atoms with Crippen LogP contribution in [0.15, 0.2) is 40.9 Å². The van der Waals surface area contributed by atoms with Crippen molar-refractivity contribution >= 4 is 39.1 Å². The molecule has 0 bridgehead atoms. The lowest BCUT2D eigenvalue weighted by atomic mass is 10.1. The summed E-state index contributed by atoms with van der Waals surface area (Å²) in [6.45, 7) is 1.99. The van der Waals surface area contributed by atoms with Crippen LogP contribution in [0.3, 0.4) is 0 Å². The van der Waals surface area contributed by atoms with Gasteiger partial charge in [0.15, 0.2) is 0 Å². The van der Waals surface area contributed by atoms with E-state index in [0.717, 1.165) is 15.6 Å². The molecule has 0 unspecified atom stereocenters. The van der Waals surface area contributed by atoms with Gasteiger partial charge in [-0.05, 0) is 31.2 Å². The van der Waals surface area contributed by atoms with E-state index in [-0.39, 0.29) is 0 Å². The van der Waals surface area contributed by atoms with Crippen LogP contribution in [-0.4, -0.2) is 5.11 Å². The summed E-state index contributed by atoms with van der Waals surface area (Å²) in [6, 6.07) is 10.9. The first-order valence-corrected chi connectivity index (χ1v) is 7.57. The average Bonchev–Trinajstić information content (AvgIpc) is 2.41. The lowest BCUT2D eigenvalue weighted by Gasteiger charge is -2.14. The van der Waals surface area contributed by atoms with Gasteiger partial charge in [-0.3, -0.25) is 0 Å². The Labute approximate surface area is 136 Å². The molecule has 2 aromatic carbocycles. The molecule has 0 amide bonds. The number of halogens is 3. The summed E-state index contributed by atoms with van der Waals surface area (Å²) in [6.07, 6.45) is -0.614. The van der Waals surface area contributed by atoms with Gasteiger partial charge < -0.3 is 9.84 Å². The van der Waals surface area contributed by atoms with Crippen LogP contribution >= 0.6 is 39.1 Å². The number of hydrogen-bond acceptors (Lipinski definition) is 2. The molecule has 2 rings (SSSR count). The van der Waals surface area contributed by atoms with Crippen LogP contribution in [-0.2, 0) is 6.61 Å². The van der Waals surface area contributed by atoms with Crippen LogP contribution in [0.2, 0.25) is 10.0 Å². The van der Waals surface area contributed by atoms with Crippen molar-refractivity contribution < 1.29 is 9.84 Å². The predicted octanol–water partition coefficient (Wildman–Crippen LogP) is 5.39. The standard InChI is InChI=1S/C15H13BrCl2O2/c1-9(19)12-7-11(16)5-6-14(12)20-8-10-3-2-4-13(17)15(10)18/h2-7,9,19H,8H2,1H3/t9-/m1/s1. The molecule has 0 aliphatic rings. The van der Waals surface area contributed by atoms with Crippen LogP contribution in [0.5, 0.6) is 5.75 Å². The quantitative estimate of drug-likeness (QED) is 0.776. The number of rotatable bonds is 4. The second-order valence-electron chi connectivity index (χ2n) is 4.36. The maximum Gasteiger partial charge on any atom is 0.125 e. The molecule has 0 saturated heterocycles. The summed E-state index contributed by atoms with van der Waals surface area (Å²) in [7, 11) is 0. The normalized spacial score (nSPS) is 12.2. The van der Waals surface area contributed by atoms with Gasteiger partial charge in [-0.25, -0.2) is 0 Å². The largest absolute Gasteiger partial charge is 0.488 e. The van der Waals surface area contributed by atoms with Crippen LogP contribution in [0.25, 0.3) is 0 Å². The van der Waals surface area contributed by atoms with Crippen molar-refractivity contribution in [1.82, 2.24) is 0 Å². The van der Waals surface area contributed by atoms with Gasteiger partial charge in [0.2, 0.25) is 0 Å². The van der Waals surface area contributed by atoms with Gasteiger partial charge in [-0.2, -0.15) is 0 Å². The number of aliphatic hydroxyl groups excluding tert-OH is 1. The fraction of sp³-hybridized carbons (Fsp3) is 0.200. The van der Waals surface area contributed by atoms with Crippen molar-refractivity contribution in [3.05, 3.63) is 62.0 Å². The number of benzene rings is 2. The minimum atomic E-state index is -0.614. The fourth-order valence-electron chi connectivity index (χ4n) is 1.79. The highest BCUT2D eigenvalue weighted by Gasteiger charge is 2.11. The first-order chi connectivity index (χ1) is 9.49. The van der Waals surface area contributed by atoms with Crippen molar-refractivity contribution in [2.75, 3.05) is 0 Å². The third-order valence-corrected chi connectivity index (χ3v) is 4.19. The van der Waals surface area contributed by atoms with Gasteiger partial charge in [0, 0.05) is 15.6 Å². The zero-order chi connectivity index (χ0) is 14.7. The van der Waals surface area contributed by atoms with Crippen molar-refractivity contribution in [2.24, 2.45) is 0 Å².